The fourth-order valence-corrected chi connectivity index (χ4v) is 3.64. The molecule has 2 bridgehead atoms. The van der Waals surface area contributed by atoms with Gasteiger partial charge in [0.2, 0.25) is 0 Å². The van der Waals surface area contributed by atoms with Gasteiger partial charge in [-0.05, 0) is 49.0 Å². The van der Waals surface area contributed by atoms with Crippen molar-refractivity contribution in [3.63, 3.8) is 0 Å². The number of allylic oxidation sites excluding steroid dienone is 1. The average molecular weight is 340 g/mol. The van der Waals surface area contributed by atoms with Crippen LogP contribution in [-0.4, -0.2) is 17.4 Å². The molecule has 1 aromatic carbocycles. The molecular formula is C15H15Cl2N3S. The number of hydrogen-bond donors (Lipinski definition) is 2. The fourth-order valence-electron chi connectivity index (χ4n) is 2.94. The van der Waals surface area contributed by atoms with Crippen molar-refractivity contribution in [3.05, 3.63) is 46.0 Å². The molecule has 3 nitrogen and oxygen atoms in total. The molecule has 1 fully saturated rings. The molecule has 2 aliphatic rings. The number of thiocarbonyl (C=S) groups is 1. The second-order valence-corrected chi connectivity index (χ2v) is 6.59. The lowest BCUT2D eigenvalue weighted by Crippen LogP contribution is -2.42. The Kier molecular flexibility index (Phi) is 4.48. The molecule has 6 heteroatoms. The van der Waals surface area contributed by atoms with Gasteiger partial charge in [-0.15, -0.1) is 0 Å². The van der Waals surface area contributed by atoms with Crippen LogP contribution in [0.1, 0.15) is 18.4 Å². The van der Waals surface area contributed by atoms with Crippen molar-refractivity contribution >= 4 is 46.7 Å². The summed E-state index contributed by atoms with van der Waals surface area (Å²) in [6.07, 6.45) is 8.54. The Hall–Kier alpha value is -1.10. The van der Waals surface area contributed by atoms with Crippen LogP contribution in [0.4, 0.5) is 0 Å². The van der Waals surface area contributed by atoms with E-state index in [1.165, 1.54) is 6.42 Å². The van der Waals surface area contributed by atoms with E-state index in [0.717, 1.165) is 6.42 Å². The van der Waals surface area contributed by atoms with Crippen molar-refractivity contribution in [3.8, 4) is 0 Å². The summed E-state index contributed by atoms with van der Waals surface area (Å²) in [5.41, 5.74) is 3.50. The van der Waals surface area contributed by atoms with Gasteiger partial charge in [-0.3, -0.25) is 5.43 Å². The van der Waals surface area contributed by atoms with Gasteiger partial charge in [-0.2, -0.15) is 5.10 Å². The average Bonchev–Trinajstić information content (AvgIpc) is 3.04. The lowest BCUT2D eigenvalue weighted by molar-refractivity contribution is 0.521. The number of fused-ring (bicyclic) bond motifs is 2. The molecule has 0 spiro atoms. The normalized spacial score (nSPS) is 26.5. The van der Waals surface area contributed by atoms with Crippen molar-refractivity contribution < 1.29 is 0 Å². The molecule has 2 aliphatic carbocycles. The van der Waals surface area contributed by atoms with E-state index in [-0.39, 0.29) is 0 Å². The number of rotatable bonds is 3. The van der Waals surface area contributed by atoms with E-state index in [4.69, 9.17) is 35.4 Å². The number of benzene rings is 1. The van der Waals surface area contributed by atoms with Crippen molar-refractivity contribution in [2.24, 2.45) is 16.9 Å². The highest BCUT2D eigenvalue weighted by Gasteiger charge is 2.35. The minimum atomic E-state index is 0.416. The molecule has 3 rings (SSSR count). The summed E-state index contributed by atoms with van der Waals surface area (Å²) in [6.45, 7) is 0. The van der Waals surface area contributed by atoms with Gasteiger partial charge in [-0.25, -0.2) is 0 Å². The maximum absolute atomic E-state index is 6.07. The van der Waals surface area contributed by atoms with Gasteiger partial charge in [0.1, 0.15) is 0 Å². The molecule has 0 saturated heterocycles. The van der Waals surface area contributed by atoms with Gasteiger partial charge in [0.15, 0.2) is 5.11 Å². The molecule has 1 aromatic rings. The SMILES string of the molecule is S=C(N/N=C\c1c(Cl)cccc1Cl)N[C@@H]1C[C@@H]2C=C[C@@H]1C2. The maximum Gasteiger partial charge on any atom is 0.187 e. The van der Waals surface area contributed by atoms with Gasteiger partial charge in [0, 0.05) is 11.6 Å². The predicted octanol–water partition coefficient (Wildman–Crippen LogP) is 3.76. The van der Waals surface area contributed by atoms with Gasteiger partial charge in [-0.1, -0.05) is 41.4 Å². The molecular weight excluding hydrogens is 325 g/mol. The van der Waals surface area contributed by atoms with Crippen molar-refractivity contribution in [1.82, 2.24) is 10.7 Å². The monoisotopic (exact) mass is 339 g/mol. The summed E-state index contributed by atoms with van der Waals surface area (Å²) in [5, 5.41) is 9.07. The Balaban J connectivity index is 1.54. The first-order valence-electron chi connectivity index (χ1n) is 6.85. The minimum Gasteiger partial charge on any atom is -0.358 e. The Bertz CT molecular complexity index is 595. The lowest BCUT2D eigenvalue weighted by atomic mass is 10.0. The quantitative estimate of drug-likeness (QED) is 0.381. The molecule has 0 aromatic heterocycles. The van der Waals surface area contributed by atoms with E-state index in [9.17, 15) is 0 Å². The maximum atomic E-state index is 6.07. The molecule has 0 heterocycles. The molecule has 1 saturated carbocycles. The summed E-state index contributed by atoms with van der Waals surface area (Å²) in [7, 11) is 0. The largest absolute Gasteiger partial charge is 0.358 e. The highest BCUT2D eigenvalue weighted by Crippen LogP contribution is 2.38. The molecule has 21 heavy (non-hydrogen) atoms. The van der Waals surface area contributed by atoms with Crippen molar-refractivity contribution in [2.45, 2.75) is 18.9 Å². The molecule has 0 aliphatic heterocycles. The van der Waals surface area contributed by atoms with Gasteiger partial charge >= 0.3 is 0 Å². The zero-order chi connectivity index (χ0) is 14.8. The topological polar surface area (TPSA) is 36.4 Å². The second-order valence-electron chi connectivity index (χ2n) is 5.37. The van der Waals surface area contributed by atoms with Gasteiger partial charge < -0.3 is 5.32 Å². The second kappa shape index (κ2) is 6.34. The smallest absolute Gasteiger partial charge is 0.187 e. The Labute approximate surface area is 139 Å². The van der Waals surface area contributed by atoms with Gasteiger partial charge in [0.05, 0.1) is 16.3 Å². The van der Waals surface area contributed by atoms with Crippen LogP contribution < -0.4 is 10.7 Å². The zero-order valence-corrected chi connectivity index (χ0v) is 13.6. The number of hydrazone groups is 1. The first kappa shape index (κ1) is 14.8. The highest BCUT2D eigenvalue weighted by molar-refractivity contribution is 7.80. The summed E-state index contributed by atoms with van der Waals surface area (Å²) in [5.74, 6) is 1.30. The molecule has 0 radical (unpaired) electrons. The first-order chi connectivity index (χ1) is 10.1. The summed E-state index contributed by atoms with van der Waals surface area (Å²) >= 11 is 17.4. The first-order valence-corrected chi connectivity index (χ1v) is 8.02. The number of nitrogens with one attached hydrogen (secondary N) is 2. The zero-order valence-electron chi connectivity index (χ0n) is 11.2. The third-order valence-corrected chi connectivity index (χ3v) is 4.82. The van der Waals surface area contributed by atoms with Crippen LogP contribution in [0.2, 0.25) is 10.0 Å². The Morgan fingerprint density at radius 3 is 2.62 bits per heavy atom. The molecule has 110 valence electrons. The standard InChI is InChI=1S/C15H15Cl2N3S/c16-12-2-1-3-13(17)11(12)8-18-20-15(21)19-14-7-9-4-5-10(14)6-9/h1-5,8-10,14H,6-7H2,(H2,19,20,21)/b18-8-/t9-,10-,14-/m1/s1. The Morgan fingerprint density at radius 1 is 1.24 bits per heavy atom. The molecule has 2 N–H and O–H groups in total. The third-order valence-electron chi connectivity index (χ3n) is 3.95. The van der Waals surface area contributed by atoms with Crippen LogP contribution in [0.3, 0.4) is 0 Å². The van der Waals surface area contributed by atoms with Crippen molar-refractivity contribution in [1.29, 1.82) is 0 Å². The lowest BCUT2D eigenvalue weighted by Gasteiger charge is -2.20. The van der Waals surface area contributed by atoms with Crippen LogP contribution >= 0.6 is 35.4 Å². The van der Waals surface area contributed by atoms with Crippen LogP contribution in [0, 0.1) is 11.8 Å². The highest BCUT2D eigenvalue weighted by atomic mass is 35.5. The Morgan fingerprint density at radius 2 is 2.00 bits per heavy atom. The van der Waals surface area contributed by atoms with Crippen LogP contribution in [0.25, 0.3) is 0 Å². The fraction of sp³-hybridized carbons (Fsp3) is 0.333. The minimum absolute atomic E-state index is 0.416. The van der Waals surface area contributed by atoms with Crippen LogP contribution in [0.5, 0.6) is 0 Å². The van der Waals surface area contributed by atoms with E-state index in [1.807, 2.05) is 0 Å². The molecule has 0 unspecified atom stereocenters. The van der Waals surface area contributed by atoms with E-state index in [0.29, 0.717) is 38.6 Å². The number of hydrogen-bond acceptors (Lipinski definition) is 2. The van der Waals surface area contributed by atoms with Crippen LogP contribution in [-0.2, 0) is 0 Å². The molecule has 3 atom stereocenters. The van der Waals surface area contributed by atoms with Crippen LogP contribution in [0.15, 0.2) is 35.5 Å². The summed E-state index contributed by atoms with van der Waals surface area (Å²) < 4.78 is 0. The predicted molar refractivity (Wildman–Crippen MR) is 92.1 cm³/mol. The summed E-state index contributed by atoms with van der Waals surface area (Å²) in [6, 6.07) is 5.75. The third kappa shape index (κ3) is 3.39. The van der Waals surface area contributed by atoms with E-state index in [1.54, 1.807) is 24.4 Å². The van der Waals surface area contributed by atoms with E-state index in [2.05, 4.69) is 28.0 Å². The number of nitrogens with zero attached hydrogens (tertiary/aromatic N) is 1. The number of halogens is 2. The summed E-state index contributed by atoms with van der Waals surface area (Å²) in [4.78, 5) is 0. The van der Waals surface area contributed by atoms with Gasteiger partial charge in [0.25, 0.3) is 0 Å². The van der Waals surface area contributed by atoms with E-state index >= 15 is 0 Å². The van der Waals surface area contributed by atoms with E-state index < -0.39 is 0 Å². The van der Waals surface area contributed by atoms with Crippen molar-refractivity contribution in [2.75, 3.05) is 0 Å². The molecule has 0 amide bonds.